The summed E-state index contributed by atoms with van der Waals surface area (Å²) in [6, 6.07) is 11.6. The van der Waals surface area contributed by atoms with Crippen molar-refractivity contribution in [1.82, 2.24) is 5.32 Å². The largest absolute Gasteiger partial charge is 0.346 e. The Labute approximate surface area is 129 Å². The van der Waals surface area contributed by atoms with Gasteiger partial charge in [-0.2, -0.15) is 0 Å². The van der Waals surface area contributed by atoms with Gasteiger partial charge in [-0.1, -0.05) is 29.8 Å². The Morgan fingerprint density at radius 2 is 1.91 bits per heavy atom. The third-order valence-electron chi connectivity index (χ3n) is 3.56. The van der Waals surface area contributed by atoms with Crippen LogP contribution in [-0.2, 0) is 0 Å². The van der Waals surface area contributed by atoms with Crippen molar-refractivity contribution in [2.45, 2.75) is 26.8 Å². The van der Waals surface area contributed by atoms with Crippen LogP contribution in [0.15, 0.2) is 42.5 Å². The zero-order chi connectivity index (χ0) is 16.3. The molecule has 1 N–H and O–H groups in total. The number of hydrogen-bond donors (Lipinski definition) is 1. The van der Waals surface area contributed by atoms with E-state index >= 15 is 0 Å². The van der Waals surface area contributed by atoms with Crippen molar-refractivity contribution in [3.63, 3.8) is 0 Å². The molecule has 1 unspecified atom stereocenters. The van der Waals surface area contributed by atoms with Gasteiger partial charge in [-0.05, 0) is 38.0 Å². The number of nitrogens with zero attached hydrogens (tertiary/aromatic N) is 1. The third kappa shape index (κ3) is 3.49. The van der Waals surface area contributed by atoms with Gasteiger partial charge in [0, 0.05) is 17.7 Å². The molecule has 0 spiro atoms. The van der Waals surface area contributed by atoms with E-state index in [4.69, 9.17) is 0 Å². The highest BCUT2D eigenvalue weighted by molar-refractivity contribution is 5.95. The molecule has 22 heavy (non-hydrogen) atoms. The standard InChI is InChI=1S/C17H18N2O3/c1-11-7-8-16(12(2)9-11)13(3)18-17(20)14-5-4-6-15(10-14)19(21)22/h4-10,13H,1-3H3,(H,18,20). The molecule has 0 aliphatic rings. The van der Waals surface area contributed by atoms with E-state index in [1.54, 1.807) is 6.07 Å². The average molecular weight is 298 g/mol. The number of benzene rings is 2. The van der Waals surface area contributed by atoms with Gasteiger partial charge in [-0.15, -0.1) is 0 Å². The van der Waals surface area contributed by atoms with E-state index < -0.39 is 4.92 Å². The number of aryl methyl sites for hydroxylation is 2. The lowest BCUT2D eigenvalue weighted by molar-refractivity contribution is -0.384. The van der Waals surface area contributed by atoms with E-state index in [1.807, 2.05) is 32.9 Å². The van der Waals surface area contributed by atoms with Gasteiger partial charge in [-0.25, -0.2) is 0 Å². The summed E-state index contributed by atoms with van der Waals surface area (Å²) in [6.07, 6.45) is 0. The number of non-ortho nitro benzene ring substituents is 1. The maximum atomic E-state index is 12.2. The van der Waals surface area contributed by atoms with Crippen LogP contribution in [0.5, 0.6) is 0 Å². The van der Waals surface area contributed by atoms with Gasteiger partial charge in [0.2, 0.25) is 0 Å². The second kappa shape index (κ2) is 6.39. The normalized spacial score (nSPS) is 11.8. The van der Waals surface area contributed by atoms with Gasteiger partial charge in [0.05, 0.1) is 11.0 Å². The number of hydrogen-bond acceptors (Lipinski definition) is 3. The average Bonchev–Trinajstić information content (AvgIpc) is 2.47. The van der Waals surface area contributed by atoms with E-state index in [1.165, 1.54) is 23.8 Å². The van der Waals surface area contributed by atoms with Crippen LogP contribution in [0.25, 0.3) is 0 Å². The van der Waals surface area contributed by atoms with E-state index in [-0.39, 0.29) is 23.2 Å². The van der Waals surface area contributed by atoms with Crippen molar-refractivity contribution in [2.24, 2.45) is 0 Å². The first kappa shape index (κ1) is 15.7. The minimum atomic E-state index is -0.510. The second-order valence-electron chi connectivity index (χ2n) is 5.36. The lowest BCUT2D eigenvalue weighted by atomic mass is 10.00. The molecule has 2 aromatic rings. The molecule has 0 fully saturated rings. The predicted octanol–water partition coefficient (Wildman–Crippen LogP) is 3.70. The first-order valence-electron chi connectivity index (χ1n) is 7.01. The molecule has 0 aliphatic heterocycles. The molecule has 5 nitrogen and oxygen atoms in total. The van der Waals surface area contributed by atoms with Crippen molar-refractivity contribution in [1.29, 1.82) is 0 Å². The Balaban J connectivity index is 2.17. The molecule has 0 saturated heterocycles. The number of rotatable bonds is 4. The highest BCUT2D eigenvalue weighted by Crippen LogP contribution is 2.20. The zero-order valence-corrected chi connectivity index (χ0v) is 12.8. The molecule has 114 valence electrons. The first-order valence-corrected chi connectivity index (χ1v) is 7.01. The Morgan fingerprint density at radius 1 is 1.18 bits per heavy atom. The van der Waals surface area contributed by atoms with Crippen LogP contribution in [-0.4, -0.2) is 10.8 Å². The smallest absolute Gasteiger partial charge is 0.270 e. The summed E-state index contributed by atoms with van der Waals surface area (Å²) < 4.78 is 0. The van der Waals surface area contributed by atoms with Crippen LogP contribution in [0.3, 0.4) is 0 Å². The van der Waals surface area contributed by atoms with Gasteiger partial charge in [0.15, 0.2) is 0 Å². The molecule has 1 atom stereocenters. The number of carbonyl (C=O) groups excluding carboxylic acids is 1. The fourth-order valence-corrected chi connectivity index (χ4v) is 2.43. The molecule has 0 bridgehead atoms. The fourth-order valence-electron chi connectivity index (χ4n) is 2.43. The van der Waals surface area contributed by atoms with Crippen LogP contribution in [0.2, 0.25) is 0 Å². The molecule has 0 heterocycles. The van der Waals surface area contributed by atoms with Crippen molar-refractivity contribution < 1.29 is 9.72 Å². The number of amides is 1. The summed E-state index contributed by atoms with van der Waals surface area (Å²) in [4.78, 5) is 22.5. The van der Waals surface area contributed by atoms with Crippen LogP contribution < -0.4 is 5.32 Å². The molecule has 0 saturated carbocycles. The number of carbonyl (C=O) groups is 1. The molecular weight excluding hydrogens is 280 g/mol. The molecule has 5 heteroatoms. The van der Waals surface area contributed by atoms with E-state index in [2.05, 4.69) is 11.4 Å². The first-order chi connectivity index (χ1) is 10.4. The van der Waals surface area contributed by atoms with Gasteiger partial charge in [0.1, 0.15) is 0 Å². The van der Waals surface area contributed by atoms with Crippen molar-refractivity contribution in [2.75, 3.05) is 0 Å². The molecule has 2 aromatic carbocycles. The van der Waals surface area contributed by atoms with Crippen LogP contribution in [0, 0.1) is 24.0 Å². The minimum absolute atomic E-state index is 0.0909. The van der Waals surface area contributed by atoms with Crippen molar-refractivity contribution in [3.8, 4) is 0 Å². The Hall–Kier alpha value is -2.69. The highest BCUT2D eigenvalue weighted by Gasteiger charge is 2.15. The lowest BCUT2D eigenvalue weighted by Crippen LogP contribution is -2.27. The fraction of sp³-hybridized carbons (Fsp3) is 0.235. The van der Waals surface area contributed by atoms with Crippen LogP contribution in [0.4, 0.5) is 5.69 Å². The summed E-state index contributed by atoms with van der Waals surface area (Å²) in [6.45, 7) is 5.91. The molecule has 1 amide bonds. The lowest BCUT2D eigenvalue weighted by Gasteiger charge is -2.17. The van der Waals surface area contributed by atoms with Crippen molar-refractivity contribution >= 4 is 11.6 Å². The van der Waals surface area contributed by atoms with Crippen molar-refractivity contribution in [3.05, 3.63) is 74.8 Å². The second-order valence-corrected chi connectivity index (χ2v) is 5.36. The van der Waals surface area contributed by atoms with E-state index in [0.717, 1.165) is 11.1 Å². The zero-order valence-electron chi connectivity index (χ0n) is 12.8. The summed E-state index contributed by atoms with van der Waals surface area (Å²) in [5, 5.41) is 13.6. The van der Waals surface area contributed by atoms with E-state index in [0.29, 0.717) is 0 Å². The maximum Gasteiger partial charge on any atom is 0.270 e. The third-order valence-corrected chi connectivity index (χ3v) is 3.56. The Morgan fingerprint density at radius 3 is 2.55 bits per heavy atom. The topological polar surface area (TPSA) is 72.2 Å². The SMILES string of the molecule is Cc1ccc(C(C)NC(=O)c2cccc([N+](=O)[O-])c2)c(C)c1. The summed E-state index contributed by atoms with van der Waals surface area (Å²) >= 11 is 0. The van der Waals surface area contributed by atoms with Gasteiger partial charge < -0.3 is 5.32 Å². The summed E-state index contributed by atoms with van der Waals surface area (Å²) in [7, 11) is 0. The van der Waals surface area contributed by atoms with Crippen LogP contribution >= 0.6 is 0 Å². The summed E-state index contributed by atoms with van der Waals surface area (Å²) in [5.74, 6) is -0.323. The Bertz CT molecular complexity index is 726. The summed E-state index contributed by atoms with van der Waals surface area (Å²) in [5.41, 5.74) is 3.49. The highest BCUT2D eigenvalue weighted by atomic mass is 16.6. The predicted molar refractivity (Wildman–Crippen MR) is 84.9 cm³/mol. The van der Waals surface area contributed by atoms with Gasteiger partial charge in [-0.3, -0.25) is 14.9 Å². The van der Waals surface area contributed by atoms with Gasteiger partial charge >= 0.3 is 0 Å². The molecule has 2 rings (SSSR count). The van der Waals surface area contributed by atoms with E-state index in [9.17, 15) is 14.9 Å². The maximum absolute atomic E-state index is 12.2. The minimum Gasteiger partial charge on any atom is -0.346 e. The quantitative estimate of drug-likeness (QED) is 0.691. The Kier molecular flexibility index (Phi) is 4.56. The molecule has 0 aliphatic carbocycles. The van der Waals surface area contributed by atoms with Gasteiger partial charge in [0.25, 0.3) is 11.6 Å². The number of nitrogens with one attached hydrogen (secondary N) is 1. The molecule has 0 aromatic heterocycles. The number of nitro groups is 1. The molecule has 0 radical (unpaired) electrons. The number of nitro benzene ring substituents is 1. The molecular formula is C17H18N2O3. The monoisotopic (exact) mass is 298 g/mol. The van der Waals surface area contributed by atoms with Crippen LogP contribution in [0.1, 0.15) is 40.0 Å².